The third kappa shape index (κ3) is 8.29. The summed E-state index contributed by atoms with van der Waals surface area (Å²) >= 11 is 1.38. The van der Waals surface area contributed by atoms with Crippen LogP contribution in [0.15, 0.2) is 53.4 Å². The Morgan fingerprint density at radius 3 is 2.52 bits per heavy atom. The predicted molar refractivity (Wildman–Crippen MR) is 187 cm³/mol. The van der Waals surface area contributed by atoms with E-state index in [1.165, 1.54) is 20.5 Å². The zero-order valence-corrected chi connectivity index (χ0v) is 29.9. The van der Waals surface area contributed by atoms with E-state index in [-0.39, 0.29) is 48.3 Å². The average Bonchev–Trinajstić information content (AvgIpc) is 3.63. The molecule has 2 fully saturated rings. The SMILES string of the molecule is CCNC1COC2OCCC(N(C(=O)O)C(Cc3ccccc3)[C@H](O)CN(CC(C)C)S(=O)(=O)c3ccc4nc(NC(C)C)sc4c3)C12. The highest BCUT2D eigenvalue weighted by atomic mass is 32.2. The molecule has 2 aliphatic rings. The molecule has 5 rings (SSSR count). The highest BCUT2D eigenvalue weighted by Gasteiger charge is 2.50. The fraction of sp³-hybridized carbons (Fsp3) is 0.588. The molecular weight excluding hydrogens is 655 g/mol. The van der Waals surface area contributed by atoms with E-state index in [2.05, 4.69) is 15.6 Å². The Hall–Kier alpha value is -2.85. The summed E-state index contributed by atoms with van der Waals surface area (Å²) in [6.45, 7) is 11.1. The molecule has 5 unspecified atom stereocenters. The van der Waals surface area contributed by atoms with Crippen molar-refractivity contribution in [3.05, 3.63) is 54.1 Å². The molecule has 14 heteroatoms. The molecule has 0 saturated carbocycles. The second-order valence-corrected chi connectivity index (χ2v) is 16.3. The molecular formula is C34H49N5O7S2. The number of aliphatic hydroxyl groups excluding tert-OH is 1. The second-order valence-electron chi connectivity index (χ2n) is 13.3. The lowest BCUT2D eigenvalue weighted by Gasteiger charge is -2.45. The number of nitrogens with one attached hydrogen (secondary N) is 2. The standard InChI is InChI=1S/C34H49N5O7S2/c1-6-35-26-20-46-32-31(26)27(14-15-45-32)39(34(41)42)28(16-23-10-8-7-9-11-23)29(40)19-38(18-21(2)3)48(43,44)24-12-13-25-30(17-24)47-33(37-25)36-22(4)5/h7-13,17,21-22,26-29,31-32,35,40H,6,14-16,18-20H2,1-5H3,(H,36,37)(H,41,42)/t26?,27?,28?,29-,31?,32?/m1/s1. The molecule has 0 bridgehead atoms. The van der Waals surface area contributed by atoms with Crippen LogP contribution in [0, 0.1) is 11.8 Å². The zero-order chi connectivity index (χ0) is 34.6. The number of thiazole rings is 1. The number of sulfonamides is 1. The van der Waals surface area contributed by atoms with Gasteiger partial charge in [0, 0.05) is 37.1 Å². The molecule has 264 valence electrons. The van der Waals surface area contributed by atoms with Gasteiger partial charge in [-0.2, -0.15) is 4.31 Å². The van der Waals surface area contributed by atoms with Gasteiger partial charge >= 0.3 is 6.09 Å². The molecule has 12 nitrogen and oxygen atoms in total. The molecule has 3 aromatic rings. The van der Waals surface area contributed by atoms with Gasteiger partial charge in [0.25, 0.3) is 0 Å². The van der Waals surface area contributed by atoms with Gasteiger partial charge in [0.15, 0.2) is 11.4 Å². The van der Waals surface area contributed by atoms with E-state index in [4.69, 9.17) is 9.47 Å². The molecule has 48 heavy (non-hydrogen) atoms. The number of hydrogen-bond donors (Lipinski definition) is 4. The van der Waals surface area contributed by atoms with Gasteiger partial charge in [0.1, 0.15) is 0 Å². The van der Waals surface area contributed by atoms with E-state index in [1.54, 1.807) is 18.2 Å². The fourth-order valence-electron chi connectivity index (χ4n) is 6.83. The van der Waals surface area contributed by atoms with Crippen molar-refractivity contribution >= 4 is 42.8 Å². The quantitative estimate of drug-likeness (QED) is 0.179. The summed E-state index contributed by atoms with van der Waals surface area (Å²) in [5, 5.41) is 30.3. The number of carbonyl (C=O) groups is 1. The van der Waals surface area contributed by atoms with Crippen molar-refractivity contribution < 1.29 is 32.9 Å². The number of carboxylic acid groups (broad SMARTS) is 1. The number of nitrogens with zero attached hydrogens (tertiary/aromatic N) is 3. The van der Waals surface area contributed by atoms with Gasteiger partial charge in [0.2, 0.25) is 10.0 Å². The van der Waals surface area contributed by atoms with E-state index in [1.807, 2.05) is 65.0 Å². The Labute approximate surface area is 287 Å². The first-order valence-electron chi connectivity index (χ1n) is 16.8. The lowest BCUT2D eigenvalue weighted by atomic mass is 9.86. The molecule has 1 amide bonds. The van der Waals surface area contributed by atoms with E-state index in [9.17, 15) is 23.4 Å². The van der Waals surface area contributed by atoms with Crippen LogP contribution in [0.5, 0.6) is 0 Å². The number of fused-ring (bicyclic) bond motifs is 2. The molecule has 6 atom stereocenters. The minimum absolute atomic E-state index is 0.0585. The van der Waals surface area contributed by atoms with Gasteiger partial charge in [-0.1, -0.05) is 62.4 Å². The van der Waals surface area contributed by atoms with Crippen LogP contribution in [-0.4, -0.2) is 108 Å². The van der Waals surface area contributed by atoms with Gasteiger partial charge in [-0.25, -0.2) is 18.2 Å². The van der Waals surface area contributed by atoms with Crippen LogP contribution in [0.1, 0.15) is 46.6 Å². The lowest BCUT2D eigenvalue weighted by Crippen LogP contribution is -2.62. The number of amides is 1. The maximum absolute atomic E-state index is 14.3. The van der Waals surface area contributed by atoms with E-state index < -0.39 is 40.6 Å². The van der Waals surface area contributed by atoms with E-state index in [0.29, 0.717) is 36.8 Å². The molecule has 0 aliphatic carbocycles. The molecule has 2 aliphatic heterocycles. The van der Waals surface area contributed by atoms with Crippen LogP contribution in [-0.2, 0) is 25.9 Å². The molecule has 1 aromatic heterocycles. The summed E-state index contributed by atoms with van der Waals surface area (Å²) in [6.07, 6.45) is -2.47. The normalized spacial score (nSPS) is 22.7. The molecule has 0 radical (unpaired) electrons. The van der Waals surface area contributed by atoms with Crippen molar-refractivity contribution in [2.45, 2.75) is 88.9 Å². The van der Waals surface area contributed by atoms with Crippen molar-refractivity contribution in [1.29, 1.82) is 0 Å². The van der Waals surface area contributed by atoms with Crippen LogP contribution < -0.4 is 10.6 Å². The van der Waals surface area contributed by atoms with Crippen LogP contribution in [0.4, 0.5) is 9.93 Å². The van der Waals surface area contributed by atoms with Gasteiger partial charge in [-0.3, -0.25) is 4.90 Å². The zero-order valence-electron chi connectivity index (χ0n) is 28.3. The number of hydrogen-bond acceptors (Lipinski definition) is 10. The monoisotopic (exact) mass is 703 g/mol. The molecule has 2 saturated heterocycles. The minimum atomic E-state index is -4.09. The minimum Gasteiger partial charge on any atom is -0.465 e. The summed E-state index contributed by atoms with van der Waals surface area (Å²) in [5.41, 5.74) is 1.53. The van der Waals surface area contributed by atoms with Gasteiger partial charge < -0.3 is 30.3 Å². The van der Waals surface area contributed by atoms with Crippen LogP contribution in [0.3, 0.4) is 0 Å². The first kappa shape index (κ1) is 36.4. The number of aliphatic hydroxyl groups is 1. The third-order valence-electron chi connectivity index (χ3n) is 8.86. The summed E-state index contributed by atoms with van der Waals surface area (Å²) < 4.78 is 42.5. The molecule has 2 aromatic carbocycles. The fourth-order valence-corrected chi connectivity index (χ4v) is 9.61. The van der Waals surface area contributed by atoms with Crippen molar-refractivity contribution in [2.75, 3.05) is 38.2 Å². The first-order valence-corrected chi connectivity index (χ1v) is 19.0. The molecule has 3 heterocycles. The topological polar surface area (TPSA) is 154 Å². The van der Waals surface area contributed by atoms with Gasteiger partial charge in [-0.05, 0) is 62.9 Å². The maximum atomic E-state index is 14.3. The van der Waals surface area contributed by atoms with Crippen molar-refractivity contribution in [3.63, 3.8) is 0 Å². The first-order chi connectivity index (χ1) is 22.9. The predicted octanol–water partition coefficient (Wildman–Crippen LogP) is 4.46. The Morgan fingerprint density at radius 1 is 1.10 bits per heavy atom. The number of aromatic nitrogens is 1. The smallest absolute Gasteiger partial charge is 0.407 e. The van der Waals surface area contributed by atoms with Gasteiger partial charge in [-0.15, -0.1) is 0 Å². The Bertz CT molecular complexity index is 1620. The van der Waals surface area contributed by atoms with Crippen LogP contribution >= 0.6 is 11.3 Å². The maximum Gasteiger partial charge on any atom is 0.407 e. The summed E-state index contributed by atoms with van der Waals surface area (Å²) in [6, 6.07) is 12.8. The summed E-state index contributed by atoms with van der Waals surface area (Å²) in [5.74, 6) is -0.353. The molecule has 4 N–H and O–H groups in total. The largest absolute Gasteiger partial charge is 0.465 e. The van der Waals surface area contributed by atoms with Crippen molar-refractivity contribution in [2.24, 2.45) is 11.8 Å². The summed E-state index contributed by atoms with van der Waals surface area (Å²) in [4.78, 5) is 19.3. The lowest BCUT2D eigenvalue weighted by molar-refractivity contribution is -0.173. The highest BCUT2D eigenvalue weighted by Crippen LogP contribution is 2.37. The number of anilines is 1. The van der Waals surface area contributed by atoms with E-state index >= 15 is 0 Å². The Balaban J connectivity index is 1.49. The van der Waals surface area contributed by atoms with Crippen LogP contribution in [0.2, 0.25) is 0 Å². The number of ether oxygens (including phenoxy) is 2. The molecule has 0 spiro atoms. The number of rotatable bonds is 15. The number of benzene rings is 2. The van der Waals surface area contributed by atoms with E-state index in [0.717, 1.165) is 10.3 Å². The summed E-state index contributed by atoms with van der Waals surface area (Å²) in [7, 11) is -4.09. The van der Waals surface area contributed by atoms with Crippen LogP contribution in [0.25, 0.3) is 10.2 Å². The van der Waals surface area contributed by atoms with Crippen molar-refractivity contribution in [3.8, 4) is 0 Å². The second kappa shape index (κ2) is 15.8. The Morgan fingerprint density at radius 2 is 1.85 bits per heavy atom. The highest BCUT2D eigenvalue weighted by molar-refractivity contribution is 7.89. The Kier molecular flexibility index (Phi) is 12.0. The average molecular weight is 704 g/mol. The number of likely N-dealkylation sites (N-methyl/N-ethyl adjacent to an activating group) is 1. The third-order valence-corrected chi connectivity index (χ3v) is 11.6. The van der Waals surface area contributed by atoms with Crippen molar-refractivity contribution in [1.82, 2.24) is 19.5 Å². The van der Waals surface area contributed by atoms with Gasteiger partial charge in [0.05, 0.1) is 40.5 Å².